The number of nitrogens with one attached hydrogen (secondary N) is 2. The fourth-order valence-corrected chi connectivity index (χ4v) is 6.87. The van der Waals surface area contributed by atoms with E-state index in [0.717, 1.165) is 18.2 Å². The summed E-state index contributed by atoms with van der Waals surface area (Å²) < 4.78 is 85.4. The zero-order valence-electron chi connectivity index (χ0n) is 27.1. The monoisotopic (exact) mass is 692 g/mol. The largest absolute Gasteiger partial charge is 0.407 e. The number of hydrogen-bond donors (Lipinski definition) is 3. The van der Waals surface area contributed by atoms with Gasteiger partial charge in [0.1, 0.15) is 11.7 Å². The van der Waals surface area contributed by atoms with Gasteiger partial charge < -0.3 is 10.4 Å². The first-order chi connectivity index (χ1) is 22.3. The van der Waals surface area contributed by atoms with Crippen molar-refractivity contribution in [1.29, 1.82) is 0 Å². The maximum absolute atomic E-state index is 14.9. The SMILES string of the molecule is CC(C)(F)C[C@H](N[C@@H](c1ccc(-c2cccc(C(C)(C)O)c2)cc1)C(F)(F)F)C(=O)NC1CCCN(S(=O)(=O)c2ccccn2)CC1=O. The second kappa shape index (κ2) is 14.4. The normalized spacial score (nSPS) is 18.2. The second-order valence-electron chi connectivity index (χ2n) is 13.1. The Morgan fingerprint density at radius 1 is 1.00 bits per heavy atom. The molecular formula is C34H40F4N4O5S. The van der Waals surface area contributed by atoms with Crippen LogP contribution in [0.5, 0.6) is 0 Å². The molecule has 0 bridgehead atoms. The summed E-state index contributed by atoms with van der Waals surface area (Å²) in [7, 11) is -4.11. The maximum Gasteiger partial charge on any atom is 0.407 e. The number of rotatable bonds is 11. The van der Waals surface area contributed by atoms with Crippen LogP contribution in [0.2, 0.25) is 0 Å². The lowest BCUT2D eigenvalue weighted by Crippen LogP contribution is -2.54. The molecule has 4 rings (SSSR count). The van der Waals surface area contributed by atoms with E-state index < -0.39 is 70.3 Å². The molecule has 3 N–H and O–H groups in total. The molecule has 14 heteroatoms. The fourth-order valence-electron chi connectivity index (χ4n) is 5.50. The number of sulfonamides is 1. The number of hydrogen-bond acceptors (Lipinski definition) is 7. The molecule has 1 aromatic heterocycles. The molecule has 48 heavy (non-hydrogen) atoms. The Kier molecular flexibility index (Phi) is 11.1. The quantitative estimate of drug-likeness (QED) is 0.235. The highest BCUT2D eigenvalue weighted by Gasteiger charge is 2.44. The summed E-state index contributed by atoms with van der Waals surface area (Å²) in [5.74, 6) is -1.68. The second-order valence-corrected chi connectivity index (χ2v) is 14.9. The van der Waals surface area contributed by atoms with Crippen molar-refractivity contribution in [2.45, 2.75) is 87.6 Å². The van der Waals surface area contributed by atoms with Gasteiger partial charge in [0.05, 0.1) is 24.2 Å². The van der Waals surface area contributed by atoms with E-state index in [4.69, 9.17) is 0 Å². The van der Waals surface area contributed by atoms with Crippen molar-refractivity contribution in [2.24, 2.45) is 0 Å². The van der Waals surface area contributed by atoms with Gasteiger partial charge >= 0.3 is 6.18 Å². The van der Waals surface area contributed by atoms with Crippen LogP contribution < -0.4 is 10.6 Å². The molecule has 260 valence electrons. The minimum Gasteiger partial charge on any atom is -0.386 e. The average Bonchev–Trinajstić information content (AvgIpc) is 3.19. The zero-order chi connectivity index (χ0) is 35.5. The minimum absolute atomic E-state index is 0.0311. The molecule has 1 aliphatic heterocycles. The van der Waals surface area contributed by atoms with E-state index in [-0.39, 0.29) is 30.0 Å². The zero-order valence-corrected chi connectivity index (χ0v) is 27.9. The standard InChI is InChI=1S/C34H40F4N4O5S/c1-32(2,35)20-27(31(44)41-26-11-8-18-42(21-28(26)43)48(46,47)29-12-5-6-17-39-29)40-30(34(36,37)38)23-15-13-22(14-16-23)24-9-7-10-25(19-24)33(3,4)45/h5-7,9-10,12-17,19,26-27,30,40,45H,8,11,18,20-21H2,1-4H3,(H,41,44)/t26?,27-,30-/m0/s1. The summed E-state index contributed by atoms with van der Waals surface area (Å²) in [5, 5.41) is 14.9. The maximum atomic E-state index is 14.9. The third-order valence-electron chi connectivity index (χ3n) is 8.03. The summed E-state index contributed by atoms with van der Waals surface area (Å²) >= 11 is 0. The molecule has 0 spiro atoms. The van der Waals surface area contributed by atoms with Crippen LogP contribution in [0.3, 0.4) is 0 Å². The Balaban J connectivity index is 1.54. The first-order valence-corrected chi connectivity index (χ1v) is 16.9. The molecule has 0 saturated carbocycles. The molecule has 0 radical (unpaired) electrons. The number of carbonyl (C=O) groups is 2. The first kappa shape index (κ1) is 37.1. The topological polar surface area (TPSA) is 129 Å². The lowest BCUT2D eigenvalue weighted by atomic mass is 9.93. The van der Waals surface area contributed by atoms with E-state index >= 15 is 0 Å². The van der Waals surface area contributed by atoms with Gasteiger partial charge in [0, 0.05) is 19.2 Å². The van der Waals surface area contributed by atoms with Gasteiger partial charge in [-0.05, 0) is 81.0 Å². The number of ketones is 1. The third kappa shape index (κ3) is 9.46. The van der Waals surface area contributed by atoms with Gasteiger partial charge in [0.15, 0.2) is 10.8 Å². The number of carbonyl (C=O) groups excluding carboxylic acids is 2. The van der Waals surface area contributed by atoms with Crippen molar-refractivity contribution >= 4 is 21.7 Å². The third-order valence-corrected chi connectivity index (χ3v) is 9.79. The lowest BCUT2D eigenvalue weighted by molar-refractivity contribution is -0.161. The molecule has 9 nitrogen and oxygen atoms in total. The van der Waals surface area contributed by atoms with Crippen LogP contribution >= 0.6 is 0 Å². The molecule has 3 atom stereocenters. The minimum atomic E-state index is -4.89. The summed E-state index contributed by atoms with van der Waals surface area (Å²) in [4.78, 5) is 30.5. The van der Waals surface area contributed by atoms with E-state index in [1.165, 1.54) is 42.6 Å². The number of aliphatic hydroxyl groups is 1. The highest BCUT2D eigenvalue weighted by atomic mass is 32.2. The van der Waals surface area contributed by atoms with Crippen molar-refractivity contribution in [3.8, 4) is 11.1 Å². The number of benzene rings is 2. The summed E-state index contributed by atoms with van der Waals surface area (Å²) in [5.41, 5.74) is -1.53. The van der Waals surface area contributed by atoms with Gasteiger partial charge in [-0.1, -0.05) is 48.5 Å². The number of Topliss-reactive ketones (excluding diaryl/α,β-unsaturated/α-hetero) is 1. The first-order valence-electron chi connectivity index (χ1n) is 15.4. The molecule has 2 aromatic carbocycles. The van der Waals surface area contributed by atoms with Crippen LogP contribution in [0.1, 0.15) is 64.1 Å². The van der Waals surface area contributed by atoms with E-state index in [2.05, 4.69) is 15.6 Å². The molecule has 1 amide bonds. The van der Waals surface area contributed by atoms with Crippen molar-refractivity contribution < 1.29 is 40.7 Å². The van der Waals surface area contributed by atoms with Crippen LogP contribution in [0.25, 0.3) is 11.1 Å². The van der Waals surface area contributed by atoms with Gasteiger partial charge in [-0.25, -0.2) is 17.8 Å². The summed E-state index contributed by atoms with van der Waals surface area (Å²) in [6.07, 6.45) is -4.03. The van der Waals surface area contributed by atoms with Crippen molar-refractivity contribution in [1.82, 2.24) is 19.9 Å². The van der Waals surface area contributed by atoms with Gasteiger partial charge in [-0.15, -0.1) is 0 Å². The predicted molar refractivity (Wildman–Crippen MR) is 172 cm³/mol. The molecular weight excluding hydrogens is 652 g/mol. The molecule has 0 aliphatic carbocycles. The van der Waals surface area contributed by atoms with Gasteiger partial charge in [-0.3, -0.25) is 14.9 Å². The van der Waals surface area contributed by atoms with Crippen LogP contribution in [0.4, 0.5) is 17.6 Å². The van der Waals surface area contributed by atoms with Crippen LogP contribution in [-0.4, -0.2) is 71.5 Å². The lowest BCUT2D eigenvalue weighted by Gasteiger charge is -2.31. The summed E-state index contributed by atoms with van der Waals surface area (Å²) in [6, 6.07) is 11.5. The molecule has 1 saturated heterocycles. The van der Waals surface area contributed by atoms with E-state index in [0.29, 0.717) is 16.7 Å². The Bertz CT molecular complexity index is 1690. The summed E-state index contributed by atoms with van der Waals surface area (Å²) in [6.45, 7) is 4.89. The molecule has 2 heterocycles. The fraction of sp³-hybridized carbons (Fsp3) is 0.441. The Morgan fingerprint density at radius 3 is 2.27 bits per heavy atom. The highest BCUT2D eigenvalue weighted by Crippen LogP contribution is 2.35. The number of halogens is 4. The Morgan fingerprint density at radius 2 is 1.69 bits per heavy atom. The van der Waals surface area contributed by atoms with Crippen LogP contribution in [0, 0.1) is 0 Å². The predicted octanol–water partition coefficient (Wildman–Crippen LogP) is 5.21. The van der Waals surface area contributed by atoms with E-state index in [1.807, 2.05) is 0 Å². The van der Waals surface area contributed by atoms with Crippen LogP contribution in [0.15, 0.2) is 78.0 Å². The van der Waals surface area contributed by atoms with E-state index in [9.17, 15) is 40.7 Å². The van der Waals surface area contributed by atoms with Crippen molar-refractivity contribution in [3.05, 3.63) is 84.1 Å². The average molecular weight is 693 g/mol. The van der Waals surface area contributed by atoms with Crippen molar-refractivity contribution in [2.75, 3.05) is 13.1 Å². The van der Waals surface area contributed by atoms with Gasteiger partial charge in [0.25, 0.3) is 10.0 Å². The molecule has 1 unspecified atom stereocenters. The molecule has 3 aromatic rings. The highest BCUT2D eigenvalue weighted by molar-refractivity contribution is 7.89. The Hall–Kier alpha value is -3.72. The molecule has 1 fully saturated rings. The molecule has 1 aliphatic rings. The van der Waals surface area contributed by atoms with Gasteiger partial charge in [0.2, 0.25) is 5.91 Å². The number of aromatic nitrogens is 1. The Labute approximate surface area is 277 Å². The van der Waals surface area contributed by atoms with Crippen LogP contribution in [-0.2, 0) is 25.2 Å². The van der Waals surface area contributed by atoms with Gasteiger partial charge in [-0.2, -0.15) is 17.5 Å². The number of pyridine rings is 1. The number of nitrogens with zero attached hydrogens (tertiary/aromatic N) is 2. The number of alkyl halides is 4. The van der Waals surface area contributed by atoms with E-state index in [1.54, 1.807) is 44.2 Å². The van der Waals surface area contributed by atoms with Crippen molar-refractivity contribution in [3.63, 3.8) is 0 Å². The smallest absolute Gasteiger partial charge is 0.386 e. The number of amides is 1.